The van der Waals surface area contributed by atoms with E-state index in [1.165, 1.54) is 12.1 Å². The number of anilines is 1. The van der Waals surface area contributed by atoms with Crippen LogP contribution in [0.4, 0.5) is 11.4 Å². The molecule has 2 rings (SSSR count). The van der Waals surface area contributed by atoms with Gasteiger partial charge in [-0.25, -0.2) is 0 Å². The highest BCUT2D eigenvalue weighted by Crippen LogP contribution is 2.26. The lowest BCUT2D eigenvalue weighted by Crippen LogP contribution is -2.02. The fourth-order valence-electron chi connectivity index (χ4n) is 1.98. The first kappa shape index (κ1) is 15.5. The van der Waals surface area contributed by atoms with Gasteiger partial charge in [0, 0.05) is 27.2 Å². The Labute approximate surface area is 129 Å². The smallest absolute Gasteiger partial charge is 0.275 e. The zero-order chi connectivity index (χ0) is 15.6. The molecule has 0 saturated carbocycles. The molecule has 21 heavy (non-hydrogen) atoms. The number of nitrogen functional groups attached to an aromatic ring is 1. The van der Waals surface area contributed by atoms with Gasteiger partial charge in [-0.05, 0) is 42.8 Å². The third-order valence-electron chi connectivity index (χ3n) is 2.97. The molecule has 2 aromatic rings. The van der Waals surface area contributed by atoms with Gasteiger partial charge in [0.1, 0.15) is 0 Å². The van der Waals surface area contributed by atoms with Gasteiger partial charge in [-0.2, -0.15) is 0 Å². The van der Waals surface area contributed by atoms with Crippen LogP contribution in [0.15, 0.2) is 41.3 Å². The zero-order valence-electron chi connectivity index (χ0n) is 11.2. The van der Waals surface area contributed by atoms with Crippen molar-refractivity contribution in [2.75, 3.05) is 5.73 Å². The van der Waals surface area contributed by atoms with Crippen molar-refractivity contribution in [2.24, 2.45) is 0 Å². The minimum atomic E-state index is -1.39. The van der Waals surface area contributed by atoms with Gasteiger partial charge in [0.05, 0.1) is 21.5 Å². The van der Waals surface area contributed by atoms with E-state index in [1.54, 1.807) is 31.2 Å². The summed E-state index contributed by atoms with van der Waals surface area (Å²) in [4.78, 5) is 11.1. The normalized spacial score (nSPS) is 12.1. The summed E-state index contributed by atoms with van der Waals surface area (Å²) >= 11 is 5.76. The van der Waals surface area contributed by atoms with Gasteiger partial charge >= 0.3 is 0 Å². The molecule has 0 bridgehead atoms. The van der Waals surface area contributed by atoms with E-state index in [-0.39, 0.29) is 16.5 Å². The maximum absolute atomic E-state index is 12.4. The van der Waals surface area contributed by atoms with Gasteiger partial charge in [-0.3, -0.25) is 14.3 Å². The molecule has 0 aliphatic rings. The number of benzene rings is 2. The van der Waals surface area contributed by atoms with Gasteiger partial charge in [0.25, 0.3) is 5.69 Å². The molecule has 1 atom stereocenters. The molecule has 7 heteroatoms. The molecule has 2 N–H and O–H groups in total. The predicted molar refractivity (Wildman–Crippen MR) is 83.8 cm³/mol. The van der Waals surface area contributed by atoms with Crippen LogP contribution < -0.4 is 5.73 Å². The van der Waals surface area contributed by atoms with E-state index in [0.29, 0.717) is 16.1 Å². The van der Waals surface area contributed by atoms with E-state index in [2.05, 4.69) is 0 Å². The van der Waals surface area contributed by atoms with Crippen molar-refractivity contribution in [2.45, 2.75) is 17.6 Å². The third kappa shape index (κ3) is 3.59. The lowest BCUT2D eigenvalue weighted by Gasteiger charge is -2.07. The Morgan fingerprint density at radius 1 is 1.29 bits per heavy atom. The second kappa shape index (κ2) is 6.24. The summed E-state index contributed by atoms with van der Waals surface area (Å²) in [6, 6.07) is 9.43. The molecule has 2 aromatic carbocycles. The van der Waals surface area contributed by atoms with Crippen molar-refractivity contribution in [1.29, 1.82) is 0 Å². The molecule has 0 fully saturated rings. The Bertz CT molecular complexity index is 734. The molecule has 0 amide bonds. The predicted octanol–water partition coefficient (Wildman–Crippen LogP) is 3.45. The van der Waals surface area contributed by atoms with Gasteiger partial charge in [-0.1, -0.05) is 11.6 Å². The fraction of sp³-hybridized carbons (Fsp3) is 0.143. The number of nitrogens with zero attached hydrogens (tertiary/aromatic N) is 1. The summed E-state index contributed by atoms with van der Waals surface area (Å²) in [5.41, 5.74) is 7.31. The van der Waals surface area contributed by atoms with Crippen LogP contribution in [0.5, 0.6) is 0 Å². The van der Waals surface area contributed by atoms with Crippen molar-refractivity contribution in [3.63, 3.8) is 0 Å². The Balaban J connectivity index is 2.34. The number of rotatable bonds is 4. The number of hydrogen-bond donors (Lipinski definition) is 1. The second-order valence-electron chi connectivity index (χ2n) is 4.54. The highest BCUT2D eigenvalue weighted by Gasteiger charge is 2.18. The highest BCUT2D eigenvalue weighted by atomic mass is 35.5. The van der Waals surface area contributed by atoms with Gasteiger partial charge in [0.15, 0.2) is 0 Å². The quantitative estimate of drug-likeness (QED) is 0.530. The zero-order valence-corrected chi connectivity index (χ0v) is 12.8. The molecule has 0 spiro atoms. The standard InChI is InChI=1S/C14H13ClN2O3S/c1-9-6-12(16)4-5-14(9)21(20)8-10-2-3-11(15)7-13(10)17(18)19/h2-7H,8,16H2,1H3. The van der Waals surface area contributed by atoms with E-state index in [9.17, 15) is 14.3 Å². The second-order valence-corrected chi connectivity index (χ2v) is 6.40. The first-order chi connectivity index (χ1) is 9.88. The summed E-state index contributed by atoms with van der Waals surface area (Å²) in [6.45, 7) is 1.81. The minimum absolute atomic E-state index is 0.0538. The van der Waals surface area contributed by atoms with E-state index < -0.39 is 15.7 Å². The first-order valence-electron chi connectivity index (χ1n) is 6.06. The van der Waals surface area contributed by atoms with Crippen LogP contribution in [0.3, 0.4) is 0 Å². The van der Waals surface area contributed by atoms with Crippen LogP contribution in [0.1, 0.15) is 11.1 Å². The Morgan fingerprint density at radius 3 is 2.62 bits per heavy atom. The summed E-state index contributed by atoms with van der Waals surface area (Å²) in [6.07, 6.45) is 0. The van der Waals surface area contributed by atoms with Crippen molar-refractivity contribution >= 4 is 33.8 Å². The van der Waals surface area contributed by atoms with Crippen LogP contribution in [-0.4, -0.2) is 9.13 Å². The molecule has 0 aliphatic carbocycles. The number of nitrogens with two attached hydrogens (primary N) is 1. The van der Waals surface area contributed by atoms with Crippen molar-refractivity contribution in [1.82, 2.24) is 0 Å². The topological polar surface area (TPSA) is 86.2 Å². The van der Waals surface area contributed by atoms with E-state index in [4.69, 9.17) is 17.3 Å². The number of halogens is 1. The van der Waals surface area contributed by atoms with Crippen LogP contribution in [0.25, 0.3) is 0 Å². The number of hydrogen-bond acceptors (Lipinski definition) is 4. The number of nitro benzene ring substituents is 1. The Kier molecular flexibility index (Phi) is 4.59. The molecule has 0 radical (unpaired) electrons. The van der Waals surface area contributed by atoms with E-state index in [0.717, 1.165) is 5.56 Å². The van der Waals surface area contributed by atoms with Crippen LogP contribution in [0.2, 0.25) is 5.02 Å². The maximum Gasteiger partial charge on any atom is 0.275 e. The fourth-order valence-corrected chi connectivity index (χ4v) is 3.46. The average Bonchev–Trinajstić information content (AvgIpc) is 2.40. The SMILES string of the molecule is Cc1cc(N)ccc1S(=O)Cc1ccc(Cl)cc1[N+](=O)[O-]. The maximum atomic E-state index is 12.4. The molecule has 0 saturated heterocycles. The van der Waals surface area contributed by atoms with Crippen LogP contribution in [-0.2, 0) is 16.6 Å². The lowest BCUT2D eigenvalue weighted by molar-refractivity contribution is -0.385. The van der Waals surface area contributed by atoms with E-state index in [1.807, 2.05) is 0 Å². The molecule has 0 aromatic heterocycles. The van der Waals surface area contributed by atoms with Gasteiger partial charge in [0.2, 0.25) is 0 Å². The largest absolute Gasteiger partial charge is 0.399 e. The van der Waals surface area contributed by atoms with Gasteiger partial charge < -0.3 is 5.73 Å². The summed E-state index contributed by atoms with van der Waals surface area (Å²) < 4.78 is 12.4. The van der Waals surface area contributed by atoms with Crippen molar-refractivity contribution < 1.29 is 9.13 Å². The lowest BCUT2D eigenvalue weighted by atomic mass is 10.2. The van der Waals surface area contributed by atoms with Gasteiger partial charge in [-0.15, -0.1) is 0 Å². The molecular weight excluding hydrogens is 312 g/mol. The summed E-state index contributed by atoms with van der Waals surface area (Å²) in [5.74, 6) is 0.0538. The van der Waals surface area contributed by atoms with Crippen molar-refractivity contribution in [3.8, 4) is 0 Å². The summed E-state index contributed by atoms with van der Waals surface area (Å²) in [5, 5.41) is 11.3. The van der Waals surface area contributed by atoms with Crippen LogP contribution >= 0.6 is 11.6 Å². The monoisotopic (exact) mass is 324 g/mol. The van der Waals surface area contributed by atoms with Crippen molar-refractivity contribution in [3.05, 3.63) is 62.7 Å². The molecule has 0 aliphatic heterocycles. The molecule has 0 heterocycles. The average molecular weight is 325 g/mol. The molecule has 1 unspecified atom stereocenters. The first-order valence-corrected chi connectivity index (χ1v) is 7.75. The number of nitro groups is 1. The minimum Gasteiger partial charge on any atom is -0.399 e. The molecule has 110 valence electrons. The highest BCUT2D eigenvalue weighted by molar-refractivity contribution is 7.84. The van der Waals surface area contributed by atoms with Crippen LogP contribution in [0, 0.1) is 17.0 Å². The molecule has 5 nitrogen and oxygen atoms in total. The Hall–Kier alpha value is -1.92. The molecular formula is C14H13ClN2O3S. The number of aryl methyl sites for hydroxylation is 1. The third-order valence-corrected chi connectivity index (χ3v) is 4.73. The Morgan fingerprint density at radius 2 is 2.00 bits per heavy atom. The van der Waals surface area contributed by atoms with E-state index >= 15 is 0 Å². The summed E-state index contributed by atoms with van der Waals surface area (Å²) in [7, 11) is -1.39.